The van der Waals surface area contributed by atoms with Gasteiger partial charge in [0.2, 0.25) is 0 Å². The van der Waals surface area contributed by atoms with Crippen LogP contribution in [0, 0.1) is 23.7 Å². The van der Waals surface area contributed by atoms with E-state index in [0.29, 0.717) is 23.7 Å². The molecule has 3 aliphatic carbocycles. The highest BCUT2D eigenvalue weighted by Crippen LogP contribution is 2.61. The second kappa shape index (κ2) is 7.88. The zero-order valence-corrected chi connectivity index (χ0v) is 18.4. The molecule has 1 aromatic rings. The van der Waals surface area contributed by atoms with Crippen LogP contribution < -0.4 is 0 Å². The molecule has 2 heterocycles. The highest BCUT2D eigenvalue weighted by molar-refractivity contribution is 5.21. The Morgan fingerprint density at radius 1 is 0.967 bits per heavy atom. The molecule has 164 valence electrons. The second-order valence-electron chi connectivity index (χ2n) is 10.7. The molecule has 5 unspecified atom stereocenters. The van der Waals surface area contributed by atoms with Gasteiger partial charge in [0, 0.05) is 17.8 Å². The Hall–Kier alpha value is -0.940. The maximum Gasteiger partial charge on any atom is 0.183 e. The summed E-state index contributed by atoms with van der Waals surface area (Å²) < 4.78 is 6.90. The van der Waals surface area contributed by atoms with E-state index in [-0.39, 0.29) is 17.9 Å². The molecule has 4 nitrogen and oxygen atoms in total. The van der Waals surface area contributed by atoms with Crippen molar-refractivity contribution in [1.29, 1.82) is 0 Å². The van der Waals surface area contributed by atoms with Crippen LogP contribution >= 0.6 is 0 Å². The number of hydrogen-bond donors (Lipinski definition) is 0. The Kier molecular flexibility index (Phi) is 5.18. The zero-order chi connectivity index (χ0) is 20.1. The topological polar surface area (TPSA) is 30.9 Å². The van der Waals surface area contributed by atoms with Crippen molar-refractivity contribution in [3.63, 3.8) is 0 Å². The summed E-state index contributed by atoms with van der Waals surface area (Å²) in [4.78, 5) is 12.6. The molecule has 3 saturated carbocycles. The van der Waals surface area contributed by atoms with E-state index in [4.69, 9.17) is 14.4 Å². The van der Waals surface area contributed by atoms with Gasteiger partial charge in [-0.3, -0.25) is 4.84 Å². The largest absolute Gasteiger partial charge is 0.347 e. The van der Waals surface area contributed by atoms with Gasteiger partial charge in [-0.05, 0) is 43.6 Å². The Morgan fingerprint density at radius 3 is 2.57 bits per heavy atom. The van der Waals surface area contributed by atoms with Crippen LogP contribution in [0.15, 0.2) is 30.3 Å². The third-order valence-electron chi connectivity index (χ3n) is 9.25. The van der Waals surface area contributed by atoms with Crippen LogP contribution in [0.1, 0.15) is 82.6 Å². The summed E-state index contributed by atoms with van der Waals surface area (Å²) in [6.45, 7) is 3.23. The lowest BCUT2D eigenvalue weighted by atomic mass is 9.68. The number of nitrogens with zero attached hydrogens (tertiary/aromatic N) is 1. The van der Waals surface area contributed by atoms with Crippen LogP contribution in [-0.2, 0) is 14.4 Å². The number of rotatable bonds is 4. The minimum Gasteiger partial charge on any atom is -0.347 e. The highest BCUT2D eigenvalue weighted by Gasteiger charge is 2.68. The van der Waals surface area contributed by atoms with Gasteiger partial charge in [0.1, 0.15) is 0 Å². The normalized spacial score (nSPS) is 44.4. The molecule has 0 radical (unpaired) electrons. The molecule has 0 spiro atoms. The van der Waals surface area contributed by atoms with Crippen LogP contribution in [0.4, 0.5) is 0 Å². The van der Waals surface area contributed by atoms with Gasteiger partial charge in [0.25, 0.3) is 0 Å². The van der Waals surface area contributed by atoms with Gasteiger partial charge in [-0.1, -0.05) is 80.5 Å². The maximum absolute atomic E-state index is 6.90. The fourth-order valence-electron chi connectivity index (χ4n) is 7.78. The van der Waals surface area contributed by atoms with E-state index in [0.717, 1.165) is 18.9 Å². The van der Waals surface area contributed by atoms with Crippen molar-refractivity contribution < 1.29 is 14.4 Å². The van der Waals surface area contributed by atoms with Crippen molar-refractivity contribution >= 4 is 0 Å². The lowest BCUT2D eigenvalue weighted by Crippen LogP contribution is -2.58. The summed E-state index contributed by atoms with van der Waals surface area (Å²) in [7, 11) is 0. The third kappa shape index (κ3) is 3.09. The maximum atomic E-state index is 6.90. The van der Waals surface area contributed by atoms with E-state index >= 15 is 0 Å². The molecule has 0 amide bonds. The standard InChI is InChI=1S/C26H37NO3/c1-26-20-16-22(24(26)19-12-6-3-7-13-19)25(30-27(26)28-17-20)29-23-15-9-8-14-21(23)18-10-4-2-5-11-18/h2,4-5,10-11,19-25H,3,6-9,12-17H2,1H3/t20?,21-,22?,23+,24?,25?,26?/m0/s1. The molecular weight excluding hydrogens is 374 g/mol. The predicted octanol–water partition coefficient (Wildman–Crippen LogP) is 5.84. The van der Waals surface area contributed by atoms with Crippen molar-refractivity contribution in [3.8, 4) is 0 Å². The quantitative estimate of drug-likeness (QED) is 0.623. The first-order valence-electron chi connectivity index (χ1n) is 12.6. The van der Waals surface area contributed by atoms with Crippen LogP contribution in [0.3, 0.4) is 0 Å². The van der Waals surface area contributed by atoms with E-state index < -0.39 is 0 Å². The van der Waals surface area contributed by atoms with Gasteiger partial charge < -0.3 is 4.74 Å². The molecule has 1 aromatic carbocycles. The van der Waals surface area contributed by atoms with E-state index in [1.807, 2.05) is 5.23 Å². The van der Waals surface area contributed by atoms with Crippen molar-refractivity contribution in [3.05, 3.63) is 35.9 Å². The van der Waals surface area contributed by atoms with Crippen molar-refractivity contribution in [1.82, 2.24) is 5.23 Å². The summed E-state index contributed by atoms with van der Waals surface area (Å²) in [5, 5.41) is 1.91. The lowest BCUT2D eigenvalue weighted by Gasteiger charge is -2.50. The molecule has 2 aliphatic heterocycles. The fraction of sp³-hybridized carbons (Fsp3) is 0.769. The summed E-state index contributed by atoms with van der Waals surface area (Å²) >= 11 is 0. The molecule has 6 rings (SSSR count). The molecular formula is C26H37NO3. The summed E-state index contributed by atoms with van der Waals surface area (Å²) in [5.74, 6) is 3.03. The second-order valence-corrected chi connectivity index (χ2v) is 10.7. The SMILES string of the molecule is CC12C3CON1OC(O[C@@H]1CCCC[C@H]1c1ccccc1)C(C3)C2C1CCCCC1. The number of hydrogen-bond acceptors (Lipinski definition) is 4. The van der Waals surface area contributed by atoms with E-state index in [2.05, 4.69) is 37.3 Å². The number of hydroxylamine groups is 2. The third-order valence-corrected chi connectivity index (χ3v) is 9.25. The van der Waals surface area contributed by atoms with Gasteiger partial charge in [-0.15, -0.1) is 0 Å². The molecule has 2 saturated heterocycles. The Morgan fingerprint density at radius 2 is 1.73 bits per heavy atom. The zero-order valence-electron chi connectivity index (χ0n) is 18.4. The summed E-state index contributed by atoms with van der Waals surface area (Å²) in [5.41, 5.74) is 1.47. The number of ether oxygens (including phenoxy) is 1. The molecule has 4 heteroatoms. The minimum atomic E-state index is -0.149. The van der Waals surface area contributed by atoms with Gasteiger partial charge in [0.05, 0.1) is 18.2 Å². The first-order valence-corrected chi connectivity index (χ1v) is 12.6. The van der Waals surface area contributed by atoms with Crippen LogP contribution in [0.5, 0.6) is 0 Å². The monoisotopic (exact) mass is 411 g/mol. The first-order chi connectivity index (χ1) is 14.7. The van der Waals surface area contributed by atoms with E-state index in [1.165, 1.54) is 63.4 Å². The highest BCUT2D eigenvalue weighted by atomic mass is 17.0. The molecule has 30 heavy (non-hydrogen) atoms. The molecule has 2 bridgehead atoms. The van der Waals surface area contributed by atoms with Gasteiger partial charge >= 0.3 is 0 Å². The van der Waals surface area contributed by atoms with Crippen LogP contribution in [-0.4, -0.2) is 29.8 Å². The Balaban J connectivity index is 1.26. The van der Waals surface area contributed by atoms with Crippen LogP contribution in [0.2, 0.25) is 0 Å². The van der Waals surface area contributed by atoms with Gasteiger partial charge in [-0.2, -0.15) is 0 Å². The molecule has 0 N–H and O–H groups in total. The predicted molar refractivity (Wildman–Crippen MR) is 115 cm³/mol. The Labute approximate surface area is 181 Å². The molecule has 5 fully saturated rings. The summed E-state index contributed by atoms with van der Waals surface area (Å²) in [6, 6.07) is 11.0. The van der Waals surface area contributed by atoms with Crippen LogP contribution in [0.25, 0.3) is 0 Å². The Bertz CT molecular complexity index is 735. The van der Waals surface area contributed by atoms with E-state index in [1.54, 1.807) is 0 Å². The average Bonchev–Trinajstić information content (AvgIpc) is 3.23. The van der Waals surface area contributed by atoms with Crippen molar-refractivity contribution in [2.24, 2.45) is 23.7 Å². The molecule has 0 aromatic heterocycles. The number of fused-ring (bicyclic) bond motifs is 1. The average molecular weight is 412 g/mol. The number of benzene rings is 1. The minimum absolute atomic E-state index is 0.0396. The first kappa shape index (κ1) is 19.7. The molecule has 5 aliphatic rings. The fourth-order valence-corrected chi connectivity index (χ4v) is 7.78. The van der Waals surface area contributed by atoms with Crippen molar-refractivity contribution in [2.45, 2.75) is 95.0 Å². The van der Waals surface area contributed by atoms with Gasteiger partial charge in [0.15, 0.2) is 6.29 Å². The smallest absolute Gasteiger partial charge is 0.183 e. The summed E-state index contributed by atoms with van der Waals surface area (Å²) in [6.07, 6.45) is 13.2. The van der Waals surface area contributed by atoms with Gasteiger partial charge in [-0.25, -0.2) is 4.84 Å². The van der Waals surface area contributed by atoms with E-state index in [9.17, 15) is 0 Å². The van der Waals surface area contributed by atoms with Crippen molar-refractivity contribution in [2.75, 3.05) is 6.61 Å². The molecule has 7 atom stereocenters. The lowest BCUT2D eigenvalue weighted by molar-refractivity contribution is -0.469.